The molecule has 0 rings (SSSR count). The van der Waals surface area contributed by atoms with Gasteiger partial charge in [-0.15, -0.1) is 0 Å². The van der Waals surface area contributed by atoms with Gasteiger partial charge in [-0.3, -0.25) is 16.0 Å². The summed E-state index contributed by atoms with van der Waals surface area (Å²) in [7, 11) is 1.70. The molecule has 0 saturated carbocycles. The number of rotatable bonds is 8. The molecule has 84 valence electrons. The highest BCUT2D eigenvalue weighted by molar-refractivity contribution is 5.71. The van der Waals surface area contributed by atoms with Crippen LogP contribution >= 0.6 is 0 Å². The first-order chi connectivity index (χ1) is 6.81. The molecule has 0 aliphatic carbocycles. The van der Waals surface area contributed by atoms with Gasteiger partial charge in [-0.25, -0.2) is 0 Å². The van der Waals surface area contributed by atoms with Crippen molar-refractivity contribution < 1.29 is 15.5 Å². The normalized spacial score (nSPS) is 11.7. The first-order valence-corrected chi connectivity index (χ1v) is 5.19. The van der Waals surface area contributed by atoms with Crippen LogP contribution in [0.2, 0.25) is 0 Å². The number of nitrogens with two attached hydrogens (primary N) is 1. The van der Waals surface area contributed by atoms with E-state index in [4.69, 9.17) is 10.5 Å². The van der Waals surface area contributed by atoms with E-state index < -0.39 is 0 Å². The van der Waals surface area contributed by atoms with Crippen molar-refractivity contribution in [3.63, 3.8) is 0 Å². The Morgan fingerprint density at radius 1 is 1.43 bits per heavy atom. The molecule has 0 amide bonds. The maximum Gasteiger partial charge on any atom is 0.341 e. The lowest BCUT2D eigenvalue weighted by atomic mass is 10.3. The Labute approximate surface area is 85.9 Å². The van der Waals surface area contributed by atoms with Gasteiger partial charge >= 0.3 is 5.96 Å². The topological polar surface area (TPSA) is 88.9 Å². The molecule has 0 atom stereocenters. The molecule has 14 heavy (non-hydrogen) atoms. The lowest BCUT2D eigenvalue weighted by molar-refractivity contribution is -0.461. The first-order valence-electron chi connectivity index (χ1n) is 5.19. The van der Waals surface area contributed by atoms with Crippen LogP contribution in [0.4, 0.5) is 0 Å². The molecular weight excluding hydrogens is 180 g/mol. The van der Waals surface area contributed by atoms with Gasteiger partial charge in [0.25, 0.3) is 0 Å². The van der Waals surface area contributed by atoms with Crippen LogP contribution in [0.5, 0.6) is 0 Å². The van der Waals surface area contributed by atoms with Crippen molar-refractivity contribution in [1.29, 1.82) is 0 Å². The zero-order valence-corrected chi connectivity index (χ0v) is 9.14. The summed E-state index contributed by atoms with van der Waals surface area (Å²) in [5, 5.41) is 3.11. The number of ether oxygens (including phenoxy) is 1. The highest BCUT2D eigenvalue weighted by Crippen LogP contribution is 1.79. The van der Waals surface area contributed by atoms with Crippen LogP contribution in [0.3, 0.4) is 0 Å². The van der Waals surface area contributed by atoms with E-state index >= 15 is 0 Å². The largest absolute Gasteiger partial charge is 0.385 e. The Bertz CT molecular complexity index is 150. The molecule has 0 aromatic carbocycles. The van der Waals surface area contributed by atoms with Crippen LogP contribution in [0.25, 0.3) is 0 Å². The second kappa shape index (κ2) is 10.3. The molecule has 0 aromatic heterocycles. The summed E-state index contributed by atoms with van der Waals surface area (Å²) < 4.78 is 4.92. The Hall–Kier alpha value is -0.810. The van der Waals surface area contributed by atoms with Crippen molar-refractivity contribution in [2.45, 2.75) is 19.3 Å². The summed E-state index contributed by atoms with van der Waals surface area (Å²) in [5.74, 6) is 0.658. The zero-order chi connectivity index (χ0) is 10.6. The van der Waals surface area contributed by atoms with Gasteiger partial charge in [-0.2, -0.15) is 0 Å². The molecule has 0 aliphatic rings. The van der Waals surface area contributed by atoms with Crippen molar-refractivity contribution in [2.75, 3.05) is 33.4 Å². The standard InChI is InChI=1S/C9H22N4O/c1-14-8-4-7-13-9(11)12-6-3-2-5-10/h2-8,10H2,1H3,(H3,11,12,13)/p+2. The number of hydrogen-bond acceptors (Lipinski definition) is 1. The maximum atomic E-state index is 5.68. The first kappa shape index (κ1) is 13.2. The van der Waals surface area contributed by atoms with E-state index in [1.165, 1.54) is 0 Å². The Morgan fingerprint density at radius 2 is 2.21 bits per heavy atom. The molecule has 5 heteroatoms. The molecule has 0 spiro atoms. The maximum absolute atomic E-state index is 5.68. The van der Waals surface area contributed by atoms with Gasteiger partial charge in [0.1, 0.15) is 0 Å². The summed E-state index contributed by atoms with van der Waals surface area (Å²) in [6.45, 7) is 3.52. The molecule has 0 saturated heterocycles. The number of hydrogen-bond donors (Lipinski definition) is 4. The van der Waals surface area contributed by atoms with Crippen LogP contribution in [0.1, 0.15) is 19.3 Å². The minimum absolute atomic E-state index is 0.658. The van der Waals surface area contributed by atoms with Crippen molar-refractivity contribution in [2.24, 2.45) is 5.73 Å². The third-order valence-electron chi connectivity index (χ3n) is 1.83. The predicted molar refractivity (Wildman–Crippen MR) is 56.5 cm³/mol. The summed E-state index contributed by atoms with van der Waals surface area (Å²) >= 11 is 0. The van der Waals surface area contributed by atoms with Crippen molar-refractivity contribution in [3.8, 4) is 0 Å². The van der Waals surface area contributed by atoms with Crippen molar-refractivity contribution >= 4 is 5.96 Å². The molecule has 0 fully saturated rings. The number of nitrogens with one attached hydrogen (secondary N) is 2. The summed E-state index contributed by atoms with van der Waals surface area (Å²) in [4.78, 5) is 3.08. The van der Waals surface area contributed by atoms with Crippen LogP contribution in [-0.2, 0) is 4.74 Å². The van der Waals surface area contributed by atoms with Crippen LogP contribution in [0, 0.1) is 0 Å². The number of methoxy groups -OCH3 is 1. The third kappa shape index (κ3) is 9.28. The van der Waals surface area contributed by atoms with E-state index in [1.807, 2.05) is 0 Å². The Kier molecular flexibility index (Phi) is 9.68. The molecule has 0 aromatic rings. The van der Waals surface area contributed by atoms with Crippen LogP contribution in [0.15, 0.2) is 0 Å². The second-order valence-corrected chi connectivity index (χ2v) is 3.17. The van der Waals surface area contributed by atoms with E-state index in [9.17, 15) is 0 Å². The number of guanidine groups is 1. The van der Waals surface area contributed by atoms with Gasteiger partial charge in [0, 0.05) is 20.1 Å². The predicted octanol–water partition coefficient (Wildman–Crippen LogP) is -2.97. The van der Waals surface area contributed by atoms with Crippen molar-refractivity contribution in [1.82, 2.24) is 5.32 Å². The quantitative estimate of drug-likeness (QED) is 0.193. The van der Waals surface area contributed by atoms with Gasteiger partial charge in [0.15, 0.2) is 0 Å². The van der Waals surface area contributed by atoms with E-state index in [-0.39, 0.29) is 0 Å². The molecule has 0 unspecified atom stereocenters. The fourth-order valence-corrected chi connectivity index (χ4v) is 1.03. The SMILES string of the molecule is COCCC[NH+]=C(N)NCCCC[NH3+]. The van der Waals surface area contributed by atoms with E-state index in [0.29, 0.717) is 5.96 Å². The van der Waals surface area contributed by atoms with Crippen molar-refractivity contribution in [3.05, 3.63) is 0 Å². The number of unbranched alkanes of at least 4 members (excludes halogenated alkanes) is 1. The molecular formula is C9H24N4O+2. The van der Waals surface area contributed by atoms with Crippen LogP contribution < -0.4 is 21.8 Å². The monoisotopic (exact) mass is 204 g/mol. The fourth-order valence-electron chi connectivity index (χ4n) is 1.03. The second-order valence-electron chi connectivity index (χ2n) is 3.17. The summed E-state index contributed by atoms with van der Waals surface area (Å²) in [5.41, 5.74) is 9.45. The van der Waals surface area contributed by atoms with Gasteiger partial charge < -0.3 is 10.5 Å². The summed E-state index contributed by atoms with van der Waals surface area (Å²) in [6, 6.07) is 0. The highest BCUT2D eigenvalue weighted by atomic mass is 16.5. The average Bonchev–Trinajstić information content (AvgIpc) is 2.19. The van der Waals surface area contributed by atoms with Gasteiger partial charge in [-0.1, -0.05) is 0 Å². The minimum Gasteiger partial charge on any atom is -0.385 e. The Balaban J connectivity index is 3.28. The third-order valence-corrected chi connectivity index (χ3v) is 1.83. The molecule has 0 aliphatic heterocycles. The average molecular weight is 204 g/mol. The summed E-state index contributed by atoms with van der Waals surface area (Å²) in [6.07, 6.45) is 3.23. The van der Waals surface area contributed by atoms with Gasteiger partial charge in [0.2, 0.25) is 0 Å². The zero-order valence-electron chi connectivity index (χ0n) is 9.14. The smallest absolute Gasteiger partial charge is 0.341 e. The molecule has 5 nitrogen and oxygen atoms in total. The molecule has 0 radical (unpaired) electrons. The molecule has 0 heterocycles. The van der Waals surface area contributed by atoms with E-state index in [1.54, 1.807) is 7.11 Å². The van der Waals surface area contributed by atoms with Crippen LogP contribution in [-0.4, -0.2) is 39.3 Å². The minimum atomic E-state index is 0.658. The van der Waals surface area contributed by atoms with Gasteiger partial charge in [0.05, 0.1) is 19.6 Å². The van der Waals surface area contributed by atoms with E-state index in [2.05, 4.69) is 16.0 Å². The lowest BCUT2D eigenvalue weighted by Gasteiger charge is -1.98. The molecule has 0 bridgehead atoms. The van der Waals surface area contributed by atoms with Gasteiger partial charge in [-0.05, 0) is 12.8 Å². The van der Waals surface area contributed by atoms with E-state index in [0.717, 1.165) is 45.5 Å². The Morgan fingerprint density at radius 3 is 2.86 bits per heavy atom. The fraction of sp³-hybridized carbons (Fsp3) is 0.889. The highest BCUT2D eigenvalue weighted by Gasteiger charge is 1.96. The lowest BCUT2D eigenvalue weighted by Crippen LogP contribution is -2.79. The number of quaternary nitrogens is 1. The molecule has 7 N–H and O–H groups in total.